The van der Waals surface area contributed by atoms with E-state index in [1.807, 2.05) is 13.8 Å². The number of carbonyl (C=O) groups is 9. The van der Waals surface area contributed by atoms with Gasteiger partial charge < -0.3 is 81.0 Å². The van der Waals surface area contributed by atoms with Gasteiger partial charge in [0.15, 0.2) is 11.9 Å². The van der Waals surface area contributed by atoms with Crippen molar-refractivity contribution in [3.63, 3.8) is 0 Å². The number of hydrogen-bond donors (Lipinski definition) is 14. The molecular weight excluding hydrogens is 987 g/mol. The maximum atomic E-state index is 14.5. The lowest BCUT2D eigenvalue weighted by Gasteiger charge is -2.29. The largest absolute Gasteiger partial charge is 0.508 e. The Labute approximate surface area is 441 Å². The van der Waals surface area contributed by atoms with Crippen molar-refractivity contribution >= 4 is 65.1 Å². The number of rotatable bonds is 21. The van der Waals surface area contributed by atoms with Crippen LogP contribution in [0.25, 0.3) is 0 Å². The number of carbonyl (C=O) groups excluding carboxylic acids is 9. The highest BCUT2D eigenvalue weighted by Crippen LogP contribution is 2.14. The maximum absolute atomic E-state index is 14.5. The number of nitrogens with two attached hydrogens (primary N) is 5. The van der Waals surface area contributed by atoms with E-state index >= 15 is 0 Å². The van der Waals surface area contributed by atoms with Crippen LogP contribution in [0.5, 0.6) is 5.75 Å². The van der Waals surface area contributed by atoms with Crippen LogP contribution in [0.2, 0.25) is 0 Å². The summed E-state index contributed by atoms with van der Waals surface area (Å²) in [7, 11) is 0. The minimum Gasteiger partial charge on any atom is -0.508 e. The summed E-state index contributed by atoms with van der Waals surface area (Å²) < 4.78 is 0. The molecule has 1 aliphatic rings. The molecule has 1 fully saturated rings. The number of aliphatic hydroxyl groups is 1. The number of benzene rings is 2. The normalized spacial score (nSPS) is 19.6. The second-order valence-electron chi connectivity index (χ2n) is 18.8. The third-order valence-electron chi connectivity index (χ3n) is 11.9. The van der Waals surface area contributed by atoms with Gasteiger partial charge in [-0.2, -0.15) is 0 Å². The molecule has 0 aromatic heterocycles. The van der Waals surface area contributed by atoms with Crippen LogP contribution in [0.4, 0.5) is 0 Å². The second-order valence-corrected chi connectivity index (χ2v) is 18.8. The van der Waals surface area contributed by atoms with Crippen molar-refractivity contribution in [3.05, 3.63) is 65.7 Å². The Morgan fingerprint density at radius 3 is 1.80 bits per heavy atom. The number of phenols is 1. The molecule has 0 radical (unpaired) electrons. The molecule has 1 heterocycles. The molecule has 76 heavy (non-hydrogen) atoms. The van der Waals surface area contributed by atoms with Crippen molar-refractivity contribution in [1.29, 1.82) is 0 Å². The van der Waals surface area contributed by atoms with Gasteiger partial charge in [0.25, 0.3) is 0 Å². The highest BCUT2D eigenvalue weighted by molar-refractivity contribution is 5.97. The van der Waals surface area contributed by atoms with Gasteiger partial charge in [-0.3, -0.25) is 53.1 Å². The second kappa shape index (κ2) is 33.0. The molecule has 2 aromatic carbocycles. The molecule has 9 amide bonds. The summed E-state index contributed by atoms with van der Waals surface area (Å²) in [5.74, 6) is -7.26. The van der Waals surface area contributed by atoms with E-state index < -0.39 is 96.7 Å². The molecule has 0 unspecified atom stereocenters. The topological polar surface area (TPSA) is 436 Å². The first-order valence-electron chi connectivity index (χ1n) is 25.3. The Bertz CT molecular complexity index is 2310. The van der Waals surface area contributed by atoms with Crippen molar-refractivity contribution < 1.29 is 53.4 Å². The number of aliphatic hydroxyl groups excluding tert-OH is 1. The summed E-state index contributed by atoms with van der Waals surface area (Å²) in [5.41, 5.74) is 28.6. The maximum Gasteiger partial charge on any atom is 0.248 e. The molecule has 19 N–H and O–H groups in total. The number of guanidine groups is 2. The van der Waals surface area contributed by atoms with Gasteiger partial charge in [0.1, 0.15) is 42.0 Å². The van der Waals surface area contributed by atoms with Crippen LogP contribution < -0.4 is 65.9 Å². The number of phenolic OH excluding ortho intramolecular Hbond substituents is 1. The van der Waals surface area contributed by atoms with Gasteiger partial charge in [-0.1, -0.05) is 56.3 Å². The lowest BCUT2D eigenvalue weighted by Crippen LogP contribution is -2.60. The minimum absolute atomic E-state index is 0.00812. The number of aromatic hydroxyl groups is 1. The minimum atomic E-state index is -1.71. The van der Waals surface area contributed by atoms with Crippen molar-refractivity contribution in [3.8, 4) is 5.75 Å². The molecule has 26 nitrogen and oxygen atoms in total. The third kappa shape index (κ3) is 23.9. The molecule has 0 saturated carbocycles. The first kappa shape index (κ1) is 62.3. The van der Waals surface area contributed by atoms with Gasteiger partial charge in [-0.25, -0.2) is 0 Å². The number of nitrogens with zero attached hydrogens (tertiary/aromatic N) is 3. The van der Waals surface area contributed by atoms with Crippen LogP contribution in [0.1, 0.15) is 89.2 Å². The predicted octanol–water partition coefficient (Wildman–Crippen LogP) is -3.37. The summed E-state index contributed by atoms with van der Waals surface area (Å²) in [6.07, 6.45) is 0.913. The van der Waals surface area contributed by atoms with Crippen molar-refractivity contribution in [2.24, 2.45) is 44.6 Å². The van der Waals surface area contributed by atoms with Crippen LogP contribution >= 0.6 is 0 Å². The predicted molar refractivity (Wildman–Crippen MR) is 282 cm³/mol. The van der Waals surface area contributed by atoms with Crippen molar-refractivity contribution in [1.82, 2.24) is 42.1 Å². The Balaban J connectivity index is 2.05. The monoisotopic (exact) mass is 1060 g/mol. The molecular formula is C50H77N15O11. The highest BCUT2D eigenvalue weighted by atomic mass is 16.3. The van der Waals surface area contributed by atoms with E-state index in [0.717, 1.165) is 4.90 Å². The smallest absolute Gasteiger partial charge is 0.248 e. The number of amides is 9. The standard InChI is InChI=1S/C50H77N15O11/c1-30(2)25-36(43(51)71)61-44(72)35(14-9-22-58-50(54)55)60-42(70)28-65-24-10-23-56-40(68)15-6-7-16-41(69)59-34(13-8-21-57-49(52)53)45(73)62-38(27-32-17-19-33(67)20-18-32)46(74)63-37(26-31-11-4-3-5-12-31)47(75)64-39(29-66)48(65)76/h3-5,11-12,17-20,30,34-39,66-67H,6-10,13-16,21-29H2,1-2H3,(H2,51,71)(H,56,68)(H,59,69)(H,60,70)(H,61,72)(H,62,73)(H,63,74)(H,64,75)(H4,52,53,57)(H4,54,55,58)/t34-,35-,36-,37-,38-,39-/m0/s1. The molecule has 26 heteroatoms. The Kier molecular flexibility index (Phi) is 27.0. The first-order chi connectivity index (χ1) is 36.1. The van der Waals surface area contributed by atoms with Crippen molar-refractivity contribution in [2.45, 2.75) is 127 Å². The highest BCUT2D eigenvalue weighted by Gasteiger charge is 2.34. The fraction of sp³-hybridized carbons (Fsp3) is 0.540. The summed E-state index contributed by atoms with van der Waals surface area (Å²) >= 11 is 0. The number of nitrogens with one attached hydrogen (secondary N) is 7. The molecule has 1 saturated heterocycles. The van der Waals surface area contributed by atoms with Gasteiger partial charge in [0.2, 0.25) is 53.2 Å². The van der Waals surface area contributed by atoms with E-state index in [-0.39, 0.29) is 133 Å². The Morgan fingerprint density at radius 2 is 1.24 bits per heavy atom. The fourth-order valence-electron chi connectivity index (χ4n) is 8.00. The third-order valence-corrected chi connectivity index (χ3v) is 11.9. The van der Waals surface area contributed by atoms with E-state index in [1.165, 1.54) is 24.3 Å². The summed E-state index contributed by atoms with van der Waals surface area (Å²) in [6, 6.07) is 6.24. The SMILES string of the molecule is CC(C)C[C@H](NC(=O)[C@H](CCCN=C(N)N)NC(=O)CN1CCCNC(=O)CCCCC(=O)N[C@@H](CCCN=C(N)N)C(=O)N[C@@H](Cc2ccc(O)cc2)C(=O)N[C@@H](Cc2ccccc2)C(=O)N[C@@H](CO)C1=O)C(N)=O. The number of hydrogen-bond acceptors (Lipinski definition) is 13. The lowest BCUT2D eigenvalue weighted by atomic mass is 10.0. The van der Waals surface area contributed by atoms with Gasteiger partial charge in [0.05, 0.1) is 13.2 Å². The van der Waals surface area contributed by atoms with Gasteiger partial charge in [-0.05, 0) is 80.5 Å². The molecule has 0 spiro atoms. The van der Waals surface area contributed by atoms with Crippen molar-refractivity contribution in [2.75, 3.05) is 39.3 Å². The van der Waals surface area contributed by atoms with Crippen LogP contribution in [0.15, 0.2) is 64.6 Å². The van der Waals surface area contributed by atoms with Gasteiger partial charge in [-0.15, -0.1) is 0 Å². The van der Waals surface area contributed by atoms with E-state index in [9.17, 15) is 53.4 Å². The zero-order chi connectivity index (χ0) is 56.2. The molecule has 3 rings (SSSR count). The van der Waals surface area contributed by atoms with Gasteiger partial charge in [0, 0.05) is 51.9 Å². The molecule has 0 bridgehead atoms. The van der Waals surface area contributed by atoms with E-state index in [0.29, 0.717) is 11.1 Å². The zero-order valence-corrected chi connectivity index (χ0v) is 43.3. The average Bonchev–Trinajstić information content (AvgIpc) is 3.36. The van der Waals surface area contributed by atoms with E-state index in [2.05, 4.69) is 47.2 Å². The lowest BCUT2D eigenvalue weighted by molar-refractivity contribution is -0.141. The van der Waals surface area contributed by atoms with Crippen LogP contribution in [-0.2, 0) is 56.0 Å². The zero-order valence-electron chi connectivity index (χ0n) is 43.3. The quantitative estimate of drug-likeness (QED) is 0.0330. The summed E-state index contributed by atoms with van der Waals surface area (Å²) in [5, 5.41) is 39.3. The molecule has 0 aliphatic carbocycles. The molecule has 418 valence electrons. The van der Waals surface area contributed by atoms with E-state index in [4.69, 9.17) is 28.7 Å². The summed E-state index contributed by atoms with van der Waals surface area (Å²) in [6.45, 7) is 1.95. The Morgan fingerprint density at radius 1 is 0.684 bits per heavy atom. The van der Waals surface area contributed by atoms with E-state index in [1.54, 1.807) is 30.3 Å². The molecule has 1 aliphatic heterocycles. The van der Waals surface area contributed by atoms with Crippen LogP contribution in [-0.4, -0.2) is 156 Å². The first-order valence-corrected chi connectivity index (χ1v) is 25.3. The van der Waals surface area contributed by atoms with Crippen LogP contribution in [0.3, 0.4) is 0 Å². The molecule has 6 atom stereocenters. The Hall–Kier alpha value is -8.03. The number of primary amides is 1. The average molecular weight is 1060 g/mol. The van der Waals surface area contributed by atoms with Crippen LogP contribution in [0, 0.1) is 5.92 Å². The van der Waals surface area contributed by atoms with Gasteiger partial charge >= 0.3 is 0 Å². The summed E-state index contributed by atoms with van der Waals surface area (Å²) in [4.78, 5) is 132. The molecule has 2 aromatic rings. The number of aliphatic imine (C=N–C) groups is 2. The fourth-order valence-corrected chi connectivity index (χ4v) is 8.00.